The van der Waals surface area contributed by atoms with Gasteiger partial charge >= 0.3 is 0 Å². The van der Waals surface area contributed by atoms with E-state index in [0.29, 0.717) is 11.9 Å². The maximum absolute atomic E-state index is 10.7. The number of rotatable bonds is 5. The Bertz CT molecular complexity index is 416. The van der Waals surface area contributed by atoms with Gasteiger partial charge in [0.25, 0.3) is 0 Å². The quantitative estimate of drug-likeness (QED) is 0.767. The molecule has 1 amide bonds. The van der Waals surface area contributed by atoms with Crippen LogP contribution in [0.4, 0.5) is 11.8 Å². The van der Waals surface area contributed by atoms with Crippen molar-refractivity contribution in [2.75, 3.05) is 42.9 Å². The number of nitrogens with zero attached hydrogens (tertiary/aromatic N) is 5. The first-order valence-electron chi connectivity index (χ1n) is 6.57. The molecule has 0 aliphatic carbocycles. The molecule has 104 valence electrons. The van der Waals surface area contributed by atoms with Gasteiger partial charge in [0.05, 0.1) is 6.20 Å². The van der Waals surface area contributed by atoms with Crippen LogP contribution >= 0.6 is 0 Å². The minimum Gasteiger partial charge on any atom is -0.353 e. The van der Waals surface area contributed by atoms with Crippen LogP contribution in [0.1, 0.15) is 13.8 Å². The first-order valence-corrected chi connectivity index (χ1v) is 6.57. The molecule has 0 radical (unpaired) electrons. The summed E-state index contributed by atoms with van der Waals surface area (Å²) in [5.41, 5.74) is 0. The number of carbonyl (C=O) groups excluding carboxylic acids is 1. The van der Waals surface area contributed by atoms with Gasteiger partial charge in [-0.1, -0.05) is 13.8 Å². The molecule has 19 heavy (non-hydrogen) atoms. The highest BCUT2D eigenvalue weighted by molar-refractivity contribution is 5.49. The van der Waals surface area contributed by atoms with Crippen molar-refractivity contribution in [3.63, 3.8) is 0 Å². The van der Waals surface area contributed by atoms with E-state index in [9.17, 15) is 4.79 Å². The topological polar surface area (TPSA) is 74.2 Å². The van der Waals surface area contributed by atoms with Crippen molar-refractivity contribution >= 4 is 18.2 Å². The van der Waals surface area contributed by atoms with Crippen LogP contribution < -0.4 is 10.2 Å². The maximum Gasteiger partial charge on any atom is 0.244 e. The molecule has 2 heterocycles. The number of hydrogen-bond donors (Lipinski definition) is 1. The lowest BCUT2D eigenvalue weighted by atomic mass is 10.2. The SMILES string of the molecule is CC(C)CNc1nncc(N2CCN(C=O)CC2)n1. The average molecular weight is 264 g/mol. The number of piperazine rings is 1. The highest BCUT2D eigenvalue weighted by atomic mass is 16.1. The van der Waals surface area contributed by atoms with Gasteiger partial charge in [0, 0.05) is 32.7 Å². The molecule has 7 heteroatoms. The van der Waals surface area contributed by atoms with Gasteiger partial charge in [0.2, 0.25) is 12.4 Å². The third-order valence-electron chi connectivity index (χ3n) is 3.00. The van der Waals surface area contributed by atoms with Crippen LogP contribution in [0, 0.1) is 5.92 Å². The summed E-state index contributed by atoms with van der Waals surface area (Å²) in [5, 5.41) is 11.1. The standard InChI is InChI=1S/C12H20N6O/c1-10(2)7-13-12-15-11(8-14-16-12)18-5-3-17(9-19)4-6-18/h8-10H,3-7H2,1-2H3,(H,13,15,16). The maximum atomic E-state index is 10.7. The minimum absolute atomic E-state index is 0.531. The van der Waals surface area contributed by atoms with Gasteiger partial charge in [0.15, 0.2) is 5.82 Å². The lowest BCUT2D eigenvalue weighted by Gasteiger charge is -2.33. The van der Waals surface area contributed by atoms with E-state index < -0.39 is 0 Å². The summed E-state index contributed by atoms with van der Waals surface area (Å²) in [4.78, 5) is 19.0. The average Bonchev–Trinajstić information content (AvgIpc) is 2.45. The van der Waals surface area contributed by atoms with Crippen molar-refractivity contribution in [3.8, 4) is 0 Å². The monoisotopic (exact) mass is 264 g/mol. The third-order valence-corrected chi connectivity index (χ3v) is 3.00. The minimum atomic E-state index is 0.531. The molecule has 0 saturated carbocycles. The van der Waals surface area contributed by atoms with E-state index in [4.69, 9.17) is 0 Å². The molecule has 0 bridgehead atoms. The molecule has 0 aromatic carbocycles. The Hall–Kier alpha value is -1.92. The first-order chi connectivity index (χ1) is 9.19. The van der Waals surface area contributed by atoms with Crippen molar-refractivity contribution in [3.05, 3.63) is 6.20 Å². The summed E-state index contributed by atoms with van der Waals surface area (Å²) in [6.07, 6.45) is 2.56. The van der Waals surface area contributed by atoms with Gasteiger partial charge < -0.3 is 15.1 Å². The number of carbonyl (C=O) groups is 1. The Morgan fingerprint density at radius 3 is 2.74 bits per heavy atom. The summed E-state index contributed by atoms with van der Waals surface area (Å²) >= 11 is 0. The summed E-state index contributed by atoms with van der Waals surface area (Å²) in [7, 11) is 0. The molecule has 1 N–H and O–H groups in total. The van der Waals surface area contributed by atoms with Crippen LogP contribution in [0.2, 0.25) is 0 Å². The number of anilines is 2. The molecule has 0 atom stereocenters. The summed E-state index contributed by atoms with van der Waals surface area (Å²) in [5.74, 6) is 1.90. The normalized spacial score (nSPS) is 15.7. The Labute approximate surface area is 113 Å². The molecule has 1 fully saturated rings. The fourth-order valence-corrected chi connectivity index (χ4v) is 1.87. The van der Waals surface area contributed by atoms with E-state index in [0.717, 1.165) is 45.0 Å². The number of amides is 1. The molecule has 0 spiro atoms. The molecule has 0 unspecified atom stereocenters. The molecule has 1 aromatic rings. The Kier molecular flexibility index (Phi) is 4.48. The van der Waals surface area contributed by atoms with Crippen molar-refractivity contribution in [2.45, 2.75) is 13.8 Å². The van der Waals surface area contributed by atoms with E-state index in [-0.39, 0.29) is 0 Å². The lowest BCUT2D eigenvalue weighted by Crippen LogP contribution is -2.46. The lowest BCUT2D eigenvalue weighted by molar-refractivity contribution is -0.118. The Balaban J connectivity index is 1.97. The third kappa shape index (κ3) is 3.77. The van der Waals surface area contributed by atoms with E-state index in [2.05, 4.69) is 39.2 Å². The zero-order valence-corrected chi connectivity index (χ0v) is 11.4. The zero-order chi connectivity index (χ0) is 13.7. The zero-order valence-electron chi connectivity index (χ0n) is 11.4. The smallest absolute Gasteiger partial charge is 0.244 e. The second kappa shape index (κ2) is 6.31. The molecule has 1 aliphatic rings. The van der Waals surface area contributed by atoms with Crippen LogP contribution in [-0.2, 0) is 4.79 Å². The Morgan fingerprint density at radius 1 is 1.37 bits per heavy atom. The number of nitrogens with one attached hydrogen (secondary N) is 1. The van der Waals surface area contributed by atoms with Gasteiger partial charge in [-0.05, 0) is 5.92 Å². The molecule has 2 rings (SSSR count). The number of hydrogen-bond acceptors (Lipinski definition) is 6. The van der Waals surface area contributed by atoms with E-state index in [1.807, 2.05) is 0 Å². The van der Waals surface area contributed by atoms with Crippen LogP contribution in [0.3, 0.4) is 0 Å². The first kappa shape index (κ1) is 13.5. The highest BCUT2D eigenvalue weighted by Gasteiger charge is 2.17. The highest BCUT2D eigenvalue weighted by Crippen LogP contribution is 2.13. The van der Waals surface area contributed by atoms with Gasteiger partial charge in [-0.2, -0.15) is 10.1 Å². The van der Waals surface area contributed by atoms with Crippen LogP contribution in [0.15, 0.2) is 6.20 Å². The molecule has 1 aromatic heterocycles. The molecule has 1 aliphatic heterocycles. The van der Waals surface area contributed by atoms with Crippen molar-refractivity contribution in [2.24, 2.45) is 5.92 Å². The van der Waals surface area contributed by atoms with E-state index >= 15 is 0 Å². The van der Waals surface area contributed by atoms with Gasteiger partial charge in [-0.3, -0.25) is 4.79 Å². The van der Waals surface area contributed by atoms with Crippen LogP contribution in [-0.4, -0.2) is 59.2 Å². The largest absolute Gasteiger partial charge is 0.353 e. The molecule has 7 nitrogen and oxygen atoms in total. The fraction of sp³-hybridized carbons (Fsp3) is 0.667. The second-order valence-electron chi connectivity index (χ2n) is 5.04. The second-order valence-corrected chi connectivity index (χ2v) is 5.04. The van der Waals surface area contributed by atoms with Crippen LogP contribution in [0.25, 0.3) is 0 Å². The van der Waals surface area contributed by atoms with E-state index in [1.165, 1.54) is 0 Å². The van der Waals surface area contributed by atoms with Gasteiger partial charge in [-0.15, -0.1) is 5.10 Å². The predicted octanol–water partition coefficient (Wildman–Crippen LogP) is 0.218. The van der Waals surface area contributed by atoms with Crippen molar-refractivity contribution in [1.29, 1.82) is 0 Å². The van der Waals surface area contributed by atoms with Gasteiger partial charge in [-0.25, -0.2) is 0 Å². The van der Waals surface area contributed by atoms with Crippen LogP contribution in [0.5, 0.6) is 0 Å². The fourth-order valence-electron chi connectivity index (χ4n) is 1.87. The van der Waals surface area contributed by atoms with Gasteiger partial charge in [0.1, 0.15) is 0 Å². The summed E-state index contributed by atoms with van der Waals surface area (Å²) < 4.78 is 0. The summed E-state index contributed by atoms with van der Waals surface area (Å²) in [6.45, 7) is 8.09. The van der Waals surface area contributed by atoms with E-state index in [1.54, 1.807) is 11.1 Å². The predicted molar refractivity (Wildman–Crippen MR) is 73.0 cm³/mol. The summed E-state index contributed by atoms with van der Waals surface area (Å²) in [6, 6.07) is 0. The molecular weight excluding hydrogens is 244 g/mol. The van der Waals surface area contributed by atoms with Crippen molar-refractivity contribution in [1.82, 2.24) is 20.1 Å². The number of aromatic nitrogens is 3. The molecule has 1 saturated heterocycles. The van der Waals surface area contributed by atoms with Crippen molar-refractivity contribution < 1.29 is 4.79 Å². The Morgan fingerprint density at radius 2 is 2.11 bits per heavy atom. The molecular formula is C12H20N6O.